The van der Waals surface area contributed by atoms with Gasteiger partial charge in [-0.2, -0.15) is 4.98 Å². The van der Waals surface area contributed by atoms with Crippen LogP contribution in [0.4, 0.5) is 5.95 Å². The molecule has 1 amide bonds. The highest BCUT2D eigenvalue weighted by molar-refractivity contribution is 5.95. The van der Waals surface area contributed by atoms with Crippen molar-refractivity contribution in [3.63, 3.8) is 0 Å². The fourth-order valence-electron chi connectivity index (χ4n) is 3.30. The van der Waals surface area contributed by atoms with E-state index in [-0.39, 0.29) is 5.75 Å². The highest BCUT2D eigenvalue weighted by atomic mass is 16.5. The second kappa shape index (κ2) is 6.73. The molecule has 0 fully saturated rings. The van der Waals surface area contributed by atoms with Crippen LogP contribution in [0.25, 0.3) is 11.4 Å². The Kier molecular flexibility index (Phi) is 4.23. The molecule has 1 atom stereocenters. The summed E-state index contributed by atoms with van der Waals surface area (Å²) < 4.78 is 6.83. The topological polar surface area (TPSA) is 115 Å². The number of fused-ring (bicyclic) bond motifs is 1. The van der Waals surface area contributed by atoms with Gasteiger partial charge in [0.1, 0.15) is 17.5 Å². The number of methoxy groups -OCH3 is 1. The molecule has 1 aliphatic rings. The third-order valence-electron chi connectivity index (χ3n) is 4.68. The molecule has 1 aliphatic heterocycles. The molecule has 0 bridgehead atoms. The standard InChI is InChI=1S/C20H19N5O3/c1-11-16(18(21)27)17(12-3-7-14(26)8-4-12)25-20(22-11)23-19(24-25)13-5-9-15(28-2)10-6-13/h3-10,17,26H,1-2H3,(H2,21,27)(H,22,23,24)/t17-/m1/s1. The number of nitrogens with one attached hydrogen (secondary N) is 1. The van der Waals surface area contributed by atoms with Gasteiger partial charge >= 0.3 is 0 Å². The van der Waals surface area contributed by atoms with Crippen LogP contribution in [0, 0.1) is 0 Å². The first-order chi connectivity index (χ1) is 13.5. The van der Waals surface area contributed by atoms with E-state index in [0.717, 1.165) is 16.9 Å². The molecule has 0 saturated carbocycles. The van der Waals surface area contributed by atoms with Crippen molar-refractivity contribution in [3.8, 4) is 22.9 Å². The summed E-state index contributed by atoms with van der Waals surface area (Å²) in [5.74, 6) is 1.34. The third-order valence-corrected chi connectivity index (χ3v) is 4.68. The Morgan fingerprint density at radius 1 is 1.18 bits per heavy atom. The predicted molar refractivity (Wildman–Crippen MR) is 104 cm³/mol. The maximum Gasteiger partial charge on any atom is 0.248 e. The van der Waals surface area contributed by atoms with Gasteiger partial charge in [0.15, 0.2) is 5.82 Å². The fourth-order valence-corrected chi connectivity index (χ4v) is 3.30. The first-order valence-corrected chi connectivity index (χ1v) is 8.65. The average Bonchev–Trinajstić information content (AvgIpc) is 3.11. The number of ether oxygens (including phenoxy) is 1. The van der Waals surface area contributed by atoms with Gasteiger partial charge in [-0.1, -0.05) is 12.1 Å². The minimum absolute atomic E-state index is 0.136. The van der Waals surface area contributed by atoms with Crippen LogP contribution >= 0.6 is 0 Å². The molecule has 1 aromatic heterocycles. The van der Waals surface area contributed by atoms with E-state index >= 15 is 0 Å². The first kappa shape index (κ1) is 17.6. The number of hydrogen-bond acceptors (Lipinski definition) is 6. The normalized spacial score (nSPS) is 15.7. The van der Waals surface area contributed by atoms with Gasteiger partial charge in [-0.05, 0) is 48.9 Å². The van der Waals surface area contributed by atoms with Gasteiger partial charge in [0.2, 0.25) is 11.9 Å². The van der Waals surface area contributed by atoms with Gasteiger partial charge in [0.25, 0.3) is 0 Å². The predicted octanol–water partition coefficient (Wildman–Crippen LogP) is 2.43. The van der Waals surface area contributed by atoms with Gasteiger partial charge in [-0.15, -0.1) is 5.10 Å². The summed E-state index contributed by atoms with van der Waals surface area (Å²) >= 11 is 0. The van der Waals surface area contributed by atoms with Crippen LogP contribution in [0.5, 0.6) is 11.5 Å². The Morgan fingerprint density at radius 2 is 1.86 bits per heavy atom. The lowest BCUT2D eigenvalue weighted by molar-refractivity contribution is -0.115. The molecule has 8 nitrogen and oxygen atoms in total. The molecule has 0 radical (unpaired) electrons. The summed E-state index contributed by atoms with van der Waals surface area (Å²) in [6.45, 7) is 1.78. The Labute approximate surface area is 161 Å². The number of aromatic nitrogens is 3. The van der Waals surface area contributed by atoms with Gasteiger partial charge < -0.3 is 20.9 Å². The van der Waals surface area contributed by atoms with Crippen LogP contribution in [-0.2, 0) is 4.79 Å². The molecule has 0 spiro atoms. The summed E-state index contributed by atoms with van der Waals surface area (Å²) in [5.41, 5.74) is 8.25. The Morgan fingerprint density at radius 3 is 2.46 bits per heavy atom. The zero-order valence-electron chi connectivity index (χ0n) is 15.4. The van der Waals surface area contributed by atoms with Crippen molar-refractivity contribution < 1.29 is 14.6 Å². The van der Waals surface area contributed by atoms with Gasteiger partial charge in [0, 0.05) is 11.3 Å². The zero-order chi connectivity index (χ0) is 19.8. The molecule has 0 saturated heterocycles. The number of carbonyl (C=O) groups excluding carboxylic acids is 1. The van der Waals surface area contributed by atoms with Crippen LogP contribution in [0.1, 0.15) is 18.5 Å². The molecular weight excluding hydrogens is 358 g/mol. The van der Waals surface area contributed by atoms with Crippen molar-refractivity contribution in [2.75, 3.05) is 12.4 Å². The lowest BCUT2D eigenvalue weighted by atomic mass is 9.95. The van der Waals surface area contributed by atoms with Gasteiger partial charge in [-0.25, -0.2) is 4.68 Å². The number of allylic oxidation sites excluding steroid dienone is 1. The molecule has 142 valence electrons. The number of phenolic OH excluding ortho intramolecular Hbond substituents is 1. The van der Waals surface area contributed by atoms with Crippen molar-refractivity contribution in [2.24, 2.45) is 5.73 Å². The molecule has 8 heteroatoms. The number of nitrogens with zero attached hydrogens (tertiary/aromatic N) is 3. The van der Waals surface area contributed by atoms with E-state index in [2.05, 4.69) is 15.4 Å². The lowest BCUT2D eigenvalue weighted by Crippen LogP contribution is -2.31. The van der Waals surface area contributed by atoms with Crippen LogP contribution < -0.4 is 15.8 Å². The number of amides is 1. The maximum absolute atomic E-state index is 12.2. The van der Waals surface area contributed by atoms with Crippen LogP contribution in [-0.4, -0.2) is 32.9 Å². The molecule has 3 aromatic rings. The average molecular weight is 377 g/mol. The van der Waals surface area contributed by atoms with E-state index in [1.807, 2.05) is 24.3 Å². The molecular formula is C20H19N5O3. The van der Waals surface area contributed by atoms with Crippen molar-refractivity contribution in [1.29, 1.82) is 0 Å². The summed E-state index contributed by atoms with van der Waals surface area (Å²) in [6, 6.07) is 13.4. The quantitative estimate of drug-likeness (QED) is 0.643. The number of primary amides is 1. The minimum Gasteiger partial charge on any atom is -0.508 e. The number of nitrogens with two attached hydrogens (primary N) is 1. The van der Waals surface area contributed by atoms with Crippen molar-refractivity contribution in [1.82, 2.24) is 14.8 Å². The molecule has 0 unspecified atom stereocenters. The fraction of sp³-hybridized carbons (Fsp3) is 0.150. The summed E-state index contributed by atoms with van der Waals surface area (Å²) in [6.07, 6.45) is 0. The number of rotatable bonds is 4. The monoisotopic (exact) mass is 377 g/mol. The smallest absolute Gasteiger partial charge is 0.248 e. The number of phenols is 1. The first-order valence-electron chi connectivity index (χ1n) is 8.65. The Balaban J connectivity index is 1.83. The van der Waals surface area contributed by atoms with Crippen LogP contribution in [0.15, 0.2) is 59.8 Å². The van der Waals surface area contributed by atoms with Crippen LogP contribution in [0.2, 0.25) is 0 Å². The van der Waals surface area contributed by atoms with Crippen LogP contribution in [0.3, 0.4) is 0 Å². The zero-order valence-corrected chi connectivity index (χ0v) is 15.4. The third kappa shape index (κ3) is 2.94. The summed E-state index contributed by atoms with van der Waals surface area (Å²) in [4.78, 5) is 16.8. The van der Waals surface area contributed by atoms with E-state index < -0.39 is 11.9 Å². The lowest BCUT2D eigenvalue weighted by Gasteiger charge is -2.27. The molecule has 28 heavy (non-hydrogen) atoms. The van der Waals surface area contributed by atoms with Crippen molar-refractivity contribution in [3.05, 3.63) is 65.4 Å². The number of benzene rings is 2. The highest BCUT2D eigenvalue weighted by Gasteiger charge is 2.33. The number of hydrogen-bond donors (Lipinski definition) is 3. The highest BCUT2D eigenvalue weighted by Crippen LogP contribution is 2.36. The second-order valence-corrected chi connectivity index (χ2v) is 6.45. The molecule has 2 aromatic carbocycles. The van der Waals surface area contributed by atoms with Crippen molar-refractivity contribution >= 4 is 11.9 Å². The molecule has 4 N–H and O–H groups in total. The van der Waals surface area contributed by atoms with Gasteiger partial charge in [-0.3, -0.25) is 4.79 Å². The van der Waals surface area contributed by atoms with E-state index in [4.69, 9.17) is 10.5 Å². The largest absolute Gasteiger partial charge is 0.508 e. The molecule has 2 heterocycles. The Hall–Kier alpha value is -3.81. The summed E-state index contributed by atoms with van der Waals surface area (Å²) in [5, 5.41) is 17.3. The Bertz CT molecular complexity index is 1070. The van der Waals surface area contributed by atoms with E-state index in [1.54, 1.807) is 43.0 Å². The van der Waals surface area contributed by atoms with E-state index in [9.17, 15) is 9.90 Å². The molecule has 0 aliphatic carbocycles. The second-order valence-electron chi connectivity index (χ2n) is 6.45. The minimum atomic E-state index is -0.547. The number of carbonyl (C=O) groups is 1. The molecule has 4 rings (SSSR count). The van der Waals surface area contributed by atoms with Crippen molar-refractivity contribution in [2.45, 2.75) is 13.0 Å². The van der Waals surface area contributed by atoms with E-state index in [0.29, 0.717) is 23.0 Å². The maximum atomic E-state index is 12.2. The van der Waals surface area contributed by atoms with E-state index in [1.165, 1.54) is 0 Å². The number of anilines is 1. The summed E-state index contributed by atoms with van der Waals surface area (Å²) in [7, 11) is 1.61. The van der Waals surface area contributed by atoms with Gasteiger partial charge in [0.05, 0.1) is 12.7 Å². The SMILES string of the molecule is COc1ccc(-c2nc3n(n2)[C@H](c2ccc(O)cc2)C(C(N)=O)=C(C)N3)cc1. The number of aromatic hydroxyl groups is 1.